The van der Waals surface area contributed by atoms with E-state index >= 15 is 0 Å². The van der Waals surface area contributed by atoms with Crippen LogP contribution >= 0.6 is 0 Å². The van der Waals surface area contributed by atoms with Crippen molar-refractivity contribution in [3.63, 3.8) is 0 Å². The van der Waals surface area contributed by atoms with Crippen LogP contribution in [0.4, 0.5) is 0 Å². The lowest BCUT2D eigenvalue weighted by Gasteiger charge is -2.18. The summed E-state index contributed by atoms with van der Waals surface area (Å²) in [7, 11) is 1.71. The van der Waals surface area contributed by atoms with Crippen LogP contribution in [0.25, 0.3) is 5.69 Å². The summed E-state index contributed by atoms with van der Waals surface area (Å²) in [6.07, 6.45) is 0. The van der Waals surface area contributed by atoms with Gasteiger partial charge in [0.2, 0.25) is 0 Å². The molecule has 0 aliphatic rings. The van der Waals surface area contributed by atoms with E-state index in [1.54, 1.807) is 23.6 Å². The van der Waals surface area contributed by atoms with Gasteiger partial charge >= 0.3 is 5.97 Å². The van der Waals surface area contributed by atoms with Gasteiger partial charge in [-0.3, -0.25) is 4.79 Å². The van der Waals surface area contributed by atoms with Crippen molar-refractivity contribution in [1.29, 1.82) is 0 Å². The lowest BCUT2D eigenvalue weighted by atomic mass is 10.1. The first kappa shape index (κ1) is 21.3. The van der Waals surface area contributed by atoms with Gasteiger partial charge in [0.1, 0.15) is 5.56 Å². The minimum Gasteiger partial charge on any atom is -0.452 e. The smallest absolute Gasteiger partial charge is 0.342 e. The van der Waals surface area contributed by atoms with Gasteiger partial charge in [0.05, 0.1) is 17.1 Å². The van der Waals surface area contributed by atoms with Crippen LogP contribution in [0.5, 0.6) is 0 Å². The van der Waals surface area contributed by atoms with E-state index in [4.69, 9.17) is 4.74 Å². The molecule has 1 aromatic heterocycles. The van der Waals surface area contributed by atoms with Crippen molar-refractivity contribution in [1.82, 2.24) is 14.7 Å². The Hall–Kier alpha value is -3.41. The van der Waals surface area contributed by atoms with Crippen molar-refractivity contribution in [2.24, 2.45) is 0 Å². The molecule has 6 heteroatoms. The maximum Gasteiger partial charge on any atom is 0.342 e. The summed E-state index contributed by atoms with van der Waals surface area (Å²) < 4.78 is 7.03. The van der Waals surface area contributed by atoms with E-state index in [1.165, 1.54) is 5.56 Å². The number of likely N-dealkylation sites (N-methyl/N-ethyl adjacent to an activating group) is 1. The van der Waals surface area contributed by atoms with Crippen LogP contribution < -0.4 is 0 Å². The first-order chi connectivity index (χ1) is 14.3. The molecule has 0 aliphatic carbocycles. The number of ether oxygens (including phenoxy) is 1. The van der Waals surface area contributed by atoms with Gasteiger partial charge in [-0.25, -0.2) is 9.48 Å². The molecule has 0 bridgehead atoms. The van der Waals surface area contributed by atoms with Crippen LogP contribution in [0.15, 0.2) is 48.5 Å². The summed E-state index contributed by atoms with van der Waals surface area (Å²) in [6.45, 7) is 7.79. The zero-order valence-electron chi connectivity index (χ0n) is 18.1. The molecule has 0 saturated carbocycles. The first-order valence-corrected chi connectivity index (χ1v) is 9.86. The minimum atomic E-state index is -0.541. The fourth-order valence-electron chi connectivity index (χ4n) is 3.44. The number of rotatable bonds is 6. The molecule has 0 spiro atoms. The van der Waals surface area contributed by atoms with Gasteiger partial charge in [-0.15, -0.1) is 0 Å². The summed E-state index contributed by atoms with van der Waals surface area (Å²) in [4.78, 5) is 26.7. The highest BCUT2D eigenvalue weighted by Crippen LogP contribution is 2.19. The Morgan fingerprint density at radius 3 is 2.40 bits per heavy atom. The highest BCUT2D eigenvalue weighted by Gasteiger charge is 2.22. The van der Waals surface area contributed by atoms with Gasteiger partial charge in [-0.1, -0.05) is 42.0 Å². The Bertz CT molecular complexity index is 1070. The SMILES string of the molecule is Cc1ccc(CN(C)C(=O)COC(=O)c2c(C)nn(-c3ccccc3)c2C)c(C)c1. The maximum absolute atomic E-state index is 12.7. The summed E-state index contributed by atoms with van der Waals surface area (Å²) in [5, 5.41) is 4.46. The number of para-hydroxylation sites is 1. The molecule has 0 fully saturated rings. The minimum absolute atomic E-state index is 0.255. The molecule has 30 heavy (non-hydrogen) atoms. The number of hydrogen-bond donors (Lipinski definition) is 0. The molecule has 0 saturated heterocycles. The van der Waals surface area contributed by atoms with Crippen LogP contribution in [0.2, 0.25) is 0 Å². The van der Waals surface area contributed by atoms with E-state index in [1.807, 2.05) is 63.2 Å². The van der Waals surface area contributed by atoms with E-state index in [2.05, 4.69) is 11.2 Å². The van der Waals surface area contributed by atoms with Crippen molar-refractivity contribution in [2.45, 2.75) is 34.2 Å². The Morgan fingerprint density at radius 2 is 1.73 bits per heavy atom. The van der Waals surface area contributed by atoms with Crippen molar-refractivity contribution in [3.05, 3.63) is 82.2 Å². The lowest BCUT2D eigenvalue weighted by Crippen LogP contribution is -2.31. The van der Waals surface area contributed by atoms with E-state index < -0.39 is 5.97 Å². The van der Waals surface area contributed by atoms with E-state index in [0.717, 1.165) is 16.8 Å². The number of nitrogens with zero attached hydrogens (tertiary/aromatic N) is 3. The molecule has 0 N–H and O–H groups in total. The standard InChI is InChI=1S/C24H27N3O3/c1-16-11-12-20(17(2)13-16)14-26(5)22(28)15-30-24(29)23-18(3)25-27(19(23)4)21-9-7-6-8-10-21/h6-13H,14-15H2,1-5H3. The third kappa shape index (κ3) is 4.59. The van der Waals surface area contributed by atoms with E-state index in [-0.39, 0.29) is 12.5 Å². The van der Waals surface area contributed by atoms with Crippen molar-refractivity contribution in [2.75, 3.05) is 13.7 Å². The van der Waals surface area contributed by atoms with Crippen LogP contribution in [-0.4, -0.2) is 40.2 Å². The molecule has 0 aliphatic heterocycles. The predicted octanol–water partition coefficient (Wildman–Crippen LogP) is 3.92. The third-order valence-corrected chi connectivity index (χ3v) is 5.15. The fourth-order valence-corrected chi connectivity index (χ4v) is 3.44. The van der Waals surface area contributed by atoms with Crippen LogP contribution in [-0.2, 0) is 16.1 Å². The quantitative estimate of drug-likeness (QED) is 0.583. The molecule has 2 aromatic carbocycles. The average Bonchev–Trinajstić information content (AvgIpc) is 3.02. The van der Waals surface area contributed by atoms with Crippen molar-refractivity contribution < 1.29 is 14.3 Å². The third-order valence-electron chi connectivity index (χ3n) is 5.15. The Labute approximate surface area is 177 Å². The number of amides is 1. The Morgan fingerprint density at radius 1 is 1.03 bits per heavy atom. The molecule has 6 nitrogen and oxygen atoms in total. The predicted molar refractivity (Wildman–Crippen MR) is 116 cm³/mol. The Balaban J connectivity index is 1.65. The van der Waals surface area contributed by atoms with Crippen LogP contribution in [0, 0.1) is 27.7 Å². The summed E-state index contributed by atoms with van der Waals surface area (Å²) >= 11 is 0. The molecule has 3 aromatic rings. The first-order valence-electron chi connectivity index (χ1n) is 9.86. The zero-order valence-corrected chi connectivity index (χ0v) is 18.1. The van der Waals surface area contributed by atoms with E-state index in [9.17, 15) is 9.59 Å². The van der Waals surface area contributed by atoms with E-state index in [0.29, 0.717) is 23.5 Å². The molecule has 1 amide bonds. The Kier molecular flexibility index (Phi) is 6.35. The maximum atomic E-state index is 12.7. The van der Waals surface area contributed by atoms with Crippen molar-refractivity contribution in [3.8, 4) is 5.69 Å². The van der Waals surface area contributed by atoms with Gasteiger partial charge in [0.15, 0.2) is 6.61 Å². The molecule has 0 radical (unpaired) electrons. The van der Waals surface area contributed by atoms with Crippen molar-refractivity contribution >= 4 is 11.9 Å². The number of carbonyl (C=O) groups is 2. The van der Waals surface area contributed by atoms with Gasteiger partial charge in [-0.2, -0.15) is 5.10 Å². The van der Waals surface area contributed by atoms with Crippen LogP contribution in [0.1, 0.15) is 38.4 Å². The van der Waals surface area contributed by atoms with Gasteiger partial charge in [0.25, 0.3) is 5.91 Å². The van der Waals surface area contributed by atoms with Gasteiger partial charge in [-0.05, 0) is 51.0 Å². The molecular formula is C24H27N3O3. The molecule has 156 valence electrons. The number of aromatic nitrogens is 2. The molecule has 0 atom stereocenters. The van der Waals surface area contributed by atoms with Gasteiger partial charge in [0, 0.05) is 13.6 Å². The molecular weight excluding hydrogens is 378 g/mol. The topological polar surface area (TPSA) is 64.4 Å². The second-order valence-corrected chi connectivity index (χ2v) is 7.55. The summed E-state index contributed by atoms with van der Waals surface area (Å²) in [6, 6.07) is 15.7. The molecule has 0 unspecified atom stereocenters. The highest BCUT2D eigenvalue weighted by molar-refractivity contribution is 5.93. The second-order valence-electron chi connectivity index (χ2n) is 7.55. The largest absolute Gasteiger partial charge is 0.452 e. The summed E-state index contributed by atoms with van der Waals surface area (Å²) in [5.41, 5.74) is 5.88. The number of carbonyl (C=O) groups excluding carboxylic acids is 2. The highest BCUT2D eigenvalue weighted by atomic mass is 16.5. The molecule has 1 heterocycles. The van der Waals surface area contributed by atoms with Gasteiger partial charge < -0.3 is 9.64 Å². The number of esters is 1. The molecule has 3 rings (SSSR count). The second kappa shape index (κ2) is 8.95. The zero-order chi connectivity index (χ0) is 21.8. The fraction of sp³-hybridized carbons (Fsp3) is 0.292. The monoisotopic (exact) mass is 405 g/mol. The number of hydrogen-bond acceptors (Lipinski definition) is 4. The number of aryl methyl sites for hydroxylation is 3. The lowest BCUT2D eigenvalue weighted by molar-refractivity contribution is -0.133. The average molecular weight is 405 g/mol. The number of benzene rings is 2. The summed E-state index contributed by atoms with van der Waals surface area (Å²) in [5.74, 6) is -0.797. The van der Waals surface area contributed by atoms with Crippen LogP contribution in [0.3, 0.4) is 0 Å². The normalized spacial score (nSPS) is 10.7.